The SMILES string of the molecule is c1ccc2c(c1)CC1C2=NCc2ccccc21. The van der Waals surface area contributed by atoms with E-state index < -0.39 is 0 Å². The number of hydrogen-bond acceptors (Lipinski definition) is 1. The molecule has 0 aromatic heterocycles. The molecule has 1 nitrogen and oxygen atoms in total. The maximum atomic E-state index is 4.79. The van der Waals surface area contributed by atoms with Gasteiger partial charge in [0, 0.05) is 5.92 Å². The van der Waals surface area contributed by atoms with Crippen LogP contribution in [0.3, 0.4) is 0 Å². The quantitative estimate of drug-likeness (QED) is 0.644. The van der Waals surface area contributed by atoms with E-state index in [2.05, 4.69) is 48.5 Å². The van der Waals surface area contributed by atoms with Gasteiger partial charge in [0.1, 0.15) is 0 Å². The molecule has 82 valence electrons. The monoisotopic (exact) mass is 219 g/mol. The van der Waals surface area contributed by atoms with Gasteiger partial charge in [0.2, 0.25) is 0 Å². The fourth-order valence-corrected chi connectivity index (χ4v) is 3.09. The molecular formula is C16H13N. The van der Waals surface area contributed by atoms with E-state index in [1.165, 1.54) is 28.0 Å². The third-order valence-corrected chi connectivity index (χ3v) is 3.90. The van der Waals surface area contributed by atoms with Crippen molar-refractivity contribution in [3.05, 3.63) is 70.8 Å². The molecule has 1 heteroatoms. The summed E-state index contributed by atoms with van der Waals surface area (Å²) in [6.45, 7) is 0.844. The van der Waals surface area contributed by atoms with Gasteiger partial charge in [0.15, 0.2) is 0 Å². The first-order valence-electron chi connectivity index (χ1n) is 6.14. The summed E-state index contributed by atoms with van der Waals surface area (Å²) in [5.74, 6) is 0.498. The van der Waals surface area contributed by atoms with E-state index in [9.17, 15) is 0 Å². The Labute approximate surface area is 101 Å². The van der Waals surface area contributed by atoms with Crippen molar-refractivity contribution in [2.24, 2.45) is 4.99 Å². The van der Waals surface area contributed by atoms with Crippen molar-refractivity contribution in [1.82, 2.24) is 0 Å². The average molecular weight is 219 g/mol. The van der Waals surface area contributed by atoms with Crippen LogP contribution in [0.15, 0.2) is 53.5 Å². The zero-order valence-electron chi connectivity index (χ0n) is 9.56. The number of aliphatic imine (C=N–C) groups is 1. The number of nitrogens with zero attached hydrogens (tertiary/aromatic N) is 1. The fourth-order valence-electron chi connectivity index (χ4n) is 3.09. The smallest absolute Gasteiger partial charge is 0.0646 e. The number of rotatable bonds is 0. The van der Waals surface area contributed by atoms with Crippen molar-refractivity contribution < 1.29 is 0 Å². The highest BCUT2D eigenvalue weighted by Gasteiger charge is 2.32. The highest BCUT2D eigenvalue weighted by atomic mass is 14.8. The van der Waals surface area contributed by atoms with Crippen molar-refractivity contribution >= 4 is 5.71 Å². The Hall–Kier alpha value is -1.89. The molecule has 0 saturated heterocycles. The van der Waals surface area contributed by atoms with Gasteiger partial charge in [0.05, 0.1) is 12.3 Å². The van der Waals surface area contributed by atoms with E-state index in [0.717, 1.165) is 13.0 Å². The summed E-state index contributed by atoms with van der Waals surface area (Å²) in [5.41, 5.74) is 7.00. The molecule has 0 amide bonds. The molecule has 2 aromatic carbocycles. The lowest BCUT2D eigenvalue weighted by Gasteiger charge is -2.20. The van der Waals surface area contributed by atoms with Gasteiger partial charge < -0.3 is 0 Å². The molecule has 1 aliphatic heterocycles. The van der Waals surface area contributed by atoms with Gasteiger partial charge >= 0.3 is 0 Å². The summed E-state index contributed by atoms with van der Waals surface area (Å²) in [7, 11) is 0. The average Bonchev–Trinajstić information content (AvgIpc) is 2.78. The third-order valence-electron chi connectivity index (χ3n) is 3.90. The summed E-state index contributed by atoms with van der Waals surface area (Å²) >= 11 is 0. The summed E-state index contributed by atoms with van der Waals surface area (Å²) in [4.78, 5) is 4.79. The standard InChI is InChI=1S/C16H13N/c1-4-8-14-11(5-1)9-15-13-7-3-2-6-12(13)10-17-16(14)15/h1-8,15H,9-10H2. The van der Waals surface area contributed by atoms with Crippen molar-refractivity contribution in [3.63, 3.8) is 0 Å². The van der Waals surface area contributed by atoms with Crippen molar-refractivity contribution in [3.8, 4) is 0 Å². The van der Waals surface area contributed by atoms with E-state index in [1.54, 1.807) is 0 Å². The molecule has 0 saturated carbocycles. The molecule has 0 N–H and O–H groups in total. The van der Waals surface area contributed by atoms with Crippen LogP contribution in [-0.2, 0) is 13.0 Å². The van der Waals surface area contributed by atoms with Crippen LogP contribution < -0.4 is 0 Å². The Morgan fingerprint density at radius 1 is 0.882 bits per heavy atom. The third kappa shape index (κ3) is 1.22. The zero-order chi connectivity index (χ0) is 11.2. The van der Waals surface area contributed by atoms with Crippen LogP contribution in [0.25, 0.3) is 0 Å². The molecule has 4 rings (SSSR count). The van der Waals surface area contributed by atoms with Gasteiger partial charge in [0.25, 0.3) is 0 Å². The molecule has 0 fully saturated rings. The van der Waals surface area contributed by atoms with Gasteiger partial charge in [-0.25, -0.2) is 0 Å². The lowest BCUT2D eigenvalue weighted by molar-refractivity contribution is 0.846. The predicted octanol–water partition coefficient (Wildman–Crippen LogP) is 3.33. The Morgan fingerprint density at radius 2 is 1.65 bits per heavy atom. The topological polar surface area (TPSA) is 12.4 Å². The van der Waals surface area contributed by atoms with Crippen LogP contribution in [0, 0.1) is 0 Å². The molecule has 1 heterocycles. The highest BCUT2D eigenvalue weighted by Crippen LogP contribution is 2.38. The maximum absolute atomic E-state index is 4.79. The van der Waals surface area contributed by atoms with Gasteiger partial charge in [-0.2, -0.15) is 0 Å². The van der Waals surface area contributed by atoms with Crippen molar-refractivity contribution in [2.45, 2.75) is 18.9 Å². The minimum Gasteiger partial charge on any atom is -0.284 e. The first kappa shape index (κ1) is 9.17. The largest absolute Gasteiger partial charge is 0.284 e. The number of fused-ring (bicyclic) bond motifs is 5. The van der Waals surface area contributed by atoms with Gasteiger partial charge in [-0.3, -0.25) is 4.99 Å². The fraction of sp³-hybridized carbons (Fsp3) is 0.188. The zero-order valence-corrected chi connectivity index (χ0v) is 9.56. The molecule has 1 atom stereocenters. The van der Waals surface area contributed by atoms with E-state index in [0.29, 0.717) is 5.92 Å². The van der Waals surface area contributed by atoms with E-state index in [1.807, 2.05) is 0 Å². The normalized spacial score (nSPS) is 20.2. The Balaban J connectivity index is 1.91. The minimum atomic E-state index is 0.498. The summed E-state index contributed by atoms with van der Waals surface area (Å²) in [5, 5.41) is 0. The van der Waals surface area contributed by atoms with Crippen molar-refractivity contribution in [2.75, 3.05) is 0 Å². The Kier molecular flexibility index (Phi) is 1.78. The van der Waals surface area contributed by atoms with Gasteiger partial charge in [-0.1, -0.05) is 48.5 Å². The first-order chi connectivity index (χ1) is 8.43. The van der Waals surface area contributed by atoms with Crippen LogP contribution in [-0.4, -0.2) is 5.71 Å². The molecule has 0 bridgehead atoms. The molecule has 2 aromatic rings. The lowest BCUT2D eigenvalue weighted by atomic mass is 9.88. The van der Waals surface area contributed by atoms with Crippen LogP contribution in [0.5, 0.6) is 0 Å². The molecule has 2 aliphatic rings. The molecule has 17 heavy (non-hydrogen) atoms. The molecule has 0 spiro atoms. The minimum absolute atomic E-state index is 0.498. The highest BCUT2D eigenvalue weighted by molar-refractivity contribution is 6.09. The summed E-state index contributed by atoms with van der Waals surface area (Å²) in [6, 6.07) is 17.4. The summed E-state index contributed by atoms with van der Waals surface area (Å²) in [6.07, 6.45) is 1.12. The number of hydrogen-bond donors (Lipinski definition) is 0. The Bertz CT molecular complexity index is 625. The number of benzene rings is 2. The van der Waals surface area contributed by atoms with Crippen LogP contribution in [0.4, 0.5) is 0 Å². The molecule has 1 unspecified atom stereocenters. The van der Waals surface area contributed by atoms with E-state index in [4.69, 9.17) is 4.99 Å². The summed E-state index contributed by atoms with van der Waals surface area (Å²) < 4.78 is 0. The first-order valence-corrected chi connectivity index (χ1v) is 6.14. The molecule has 1 aliphatic carbocycles. The maximum Gasteiger partial charge on any atom is 0.0646 e. The molecule has 0 radical (unpaired) electrons. The van der Waals surface area contributed by atoms with E-state index >= 15 is 0 Å². The lowest BCUT2D eigenvalue weighted by Crippen LogP contribution is -2.15. The van der Waals surface area contributed by atoms with Gasteiger partial charge in [-0.15, -0.1) is 0 Å². The van der Waals surface area contributed by atoms with Crippen LogP contribution >= 0.6 is 0 Å². The second-order valence-corrected chi connectivity index (χ2v) is 4.81. The van der Waals surface area contributed by atoms with Gasteiger partial charge in [-0.05, 0) is 28.7 Å². The Morgan fingerprint density at radius 3 is 2.59 bits per heavy atom. The van der Waals surface area contributed by atoms with Crippen molar-refractivity contribution in [1.29, 1.82) is 0 Å². The second kappa shape index (κ2) is 3.30. The van der Waals surface area contributed by atoms with Crippen LogP contribution in [0.2, 0.25) is 0 Å². The molecular weight excluding hydrogens is 206 g/mol. The van der Waals surface area contributed by atoms with E-state index in [-0.39, 0.29) is 0 Å². The predicted molar refractivity (Wildman–Crippen MR) is 69.6 cm³/mol. The van der Waals surface area contributed by atoms with Crippen LogP contribution in [0.1, 0.15) is 28.2 Å². The second-order valence-electron chi connectivity index (χ2n) is 4.81.